The van der Waals surface area contributed by atoms with E-state index in [4.69, 9.17) is 4.74 Å². The predicted molar refractivity (Wildman–Crippen MR) is 59.6 cm³/mol. The van der Waals surface area contributed by atoms with Crippen LogP contribution < -0.4 is 0 Å². The molecule has 0 bridgehead atoms. The summed E-state index contributed by atoms with van der Waals surface area (Å²) in [6, 6.07) is 0.696. The molecular weight excluding hydrogens is 176 g/mol. The molecule has 0 radical (unpaired) electrons. The summed E-state index contributed by atoms with van der Waals surface area (Å²) in [4.78, 5) is 4.82. The van der Waals surface area contributed by atoms with Crippen molar-refractivity contribution in [1.29, 1.82) is 0 Å². The molecule has 3 nitrogen and oxygen atoms in total. The van der Waals surface area contributed by atoms with Gasteiger partial charge < -0.3 is 9.64 Å². The average Bonchev–Trinajstić information content (AvgIpc) is 2.06. The second kappa shape index (κ2) is 6.38. The summed E-state index contributed by atoms with van der Waals surface area (Å²) in [5.41, 5.74) is 0. The van der Waals surface area contributed by atoms with Crippen LogP contribution in [0.4, 0.5) is 0 Å². The summed E-state index contributed by atoms with van der Waals surface area (Å²) in [5.74, 6) is 0. The van der Waals surface area contributed by atoms with Crippen molar-refractivity contribution < 1.29 is 4.74 Å². The van der Waals surface area contributed by atoms with Crippen molar-refractivity contribution in [2.24, 2.45) is 0 Å². The Morgan fingerprint density at radius 2 is 1.86 bits per heavy atom. The van der Waals surface area contributed by atoms with Gasteiger partial charge in [-0.2, -0.15) is 0 Å². The Kier molecular flexibility index (Phi) is 5.45. The molecule has 0 aliphatic carbocycles. The average molecular weight is 200 g/mol. The van der Waals surface area contributed by atoms with Crippen LogP contribution in [0.2, 0.25) is 0 Å². The third kappa shape index (κ3) is 3.95. The van der Waals surface area contributed by atoms with Gasteiger partial charge in [-0.15, -0.1) is 0 Å². The van der Waals surface area contributed by atoms with Gasteiger partial charge in [0, 0.05) is 13.1 Å². The fourth-order valence-electron chi connectivity index (χ4n) is 1.60. The van der Waals surface area contributed by atoms with Crippen LogP contribution in [0.25, 0.3) is 0 Å². The number of ether oxygens (including phenoxy) is 1. The molecule has 0 N–H and O–H groups in total. The zero-order valence-corrected chi connectivity index (χ0v) is 9.83. The summed E-state index contributed by atoms with van der Waals surface area (Å²) < 4.78 is 5.25. The summed E-state index contributed by atoms with van der Waals surface area (Å²) in [6.45, 7) is 7.70. The topological polar surface area (TPSA) is 15.7 Å². The van der Waals surface area contributed by atoms with Crippen LogP contribution in [0, 0.1) is 0 Å². The minimum Gasteiger partial charge on any atom is -0.378 e. The number of rotatable bonds is 7. The van der Waals surface area contributed by atoms with E-state index in [2.05, 4.69) is 30.8 Å². The Morgan fingerprint density at radius 1 is 1.14 bits per heavy atom. The SMILES string of the molecule is CCCCN(CCN(C)C)C1COC1. The van der Waals surface area contributed by atoms with Gasteiger partial charge in [0.05, 0.1) is 19.3 Å². The number of nitrogens with zero attached hydrogens (tertiary/aromatic N) is 2. The first-order valence-corrected chi connectivity index (χ1v) is 5.70. The van der Waals surface area contributed by atoms with E-state index in [1.54, 1.807) is 0 Å². The highest BCUT2D eigenvalue weighted by atomic mass is 16.5. The van der Waals surface area contributed by atoms with Crippen LogP contribution in [0.1, 0.15) is 19.8 Å². The Bertz CT molecular complexity index is 146. The molecule has 0 aromatic carbocycles. The molecule has 84 valence electrons. The molecule has 0 aromatic heterocycles. The molecule has 3 heteroatoms. The van der Waals surface area contributed by atoms with Gasteiger partial charge in [-0.1, -0.05) is 13.3 Å². The van der Waals surface area contributed by atoms with E-state index in [1.165, 1.54) is 25.9 Å². The van der Waals surface area contributed by atoms with Gasteiger partial charge in [-0.3, -0.25) is 4.90 Å². The molecule has 0 saturated carbocycles. The molecule has 14 heavy (non-hydrogen) atoms. The van der Waals surface area contributed by atoms with Crippen LogP contribution in [0.3, 0.4) is 0 Å². The summed E-state index contributed by atoms with van der Waals surface area (Å²) >= 11 is 0. The van der Waals surface area contributed by atoms with E-state index in [-0.39, 0.29) is 0 Å². The zero-order chi connectivity index (χ0) is 10.4. The second-order valence-electron chi connectivity index (χ2n) is 4.38. The molecule has 1 fully saturated rings. The van der Waals surface area contributed by atoms with E-state index < -0.39 is 0 Å². The lowest BCUT2D eigenvalue weighted by atomic mass is 10.2. The smallest absolute Gasteiger partial charge is 0.0645 e. The summed E-state index contributed by atoms with van der Waals surface area (Å²) in [7, 11) is 4.27. The first-order chi connectivity index (χ1) is 6.74. The van der Waals surface area contributed by atoms with Crippen LogP contribution in [-0.2, 0) is 4.74 Å². The van der Waals surface area contributed by atoms with E-state index in [1.807, 2.05) is 0 Å². The van der Waals surface area contributed by atoms with Crippen molar-refractivity contribution >= 4 is 0 Å². The number of unbranched alkanes of at least 4 members (excludes halogenated alkanes) is 1. The standard InChI is InChI=1S/C11H24N2O/c1-4-5-6-13(8-7-12(2)3)11-9-14-10-11/h11H,4-10H2,1-3H3. The van der Waals surface area contributed by atoms with E-state index in [9.17, 15) is 0 Å². The molecular formula is C11H24N2O. The van der Waals surface area contributed by atoms with Gasteiger partial charge in [-0.25, -0.2) is 0 Å². The van der Waals surface area contributed by atoms with Gasteiger partial charge in [0.25, 0.3) is 0 Å². The van der Waals surface area contributed by atoms with Crippen molar-refractivity contribution in [3.05, 3.63) is 0 Å². The maximum Gasteiger partial charge on any atom is 0.0645 e. The first-order valence-electron chi connectivity index (χ1n) is 5.70. The van der Waals surface area contributed by atoms with E-state index in [0.29, 0.717) is 6.04 Å². The van der Waals surface area contributed by atoms with Crippen molar-refractivity contribution in [1.82, 2.24) is 9.80 Å². The number of hydrogen-bond donors (Lipinski definition) is 0. The zero-order valence-electron chi connectivity index (χ0n) is 9.83. The normalized spacial score (nSPS) is 17.8. The molecule has 1 aliphatic heterocycles. The minimum absolute atomic E-state index is 0.696. The van der Waals surface area contributed by atoms with Crippen molar-refractivity contribution in [2.75, 3.05) is 46.9 Å². The first kappa shape index (κ1) is 12.0. The second-order valence-corrected chi connectivity index (χ2v) is 4.38. The summed E-state index contributed by atoms with van der Waals surface area (Å²) in [6.07, 6.45) is 2.59. The predicted octanol–water partition coefficient (Wildman–Crippen LogP) is 1.05. The fraction of sp³-hybridized carbons (Fsp3) is 1.00. The highest BCUT2D eigenvalue weighted by molar-refractivity contribution is 4.77. The quantitative estimate of drug-likeness (QED) is 0.611. The maximum absolute atomic E-state index is 5.25. The van der Waals surface area contributed by atoms with E-state index >= 15 is 0 Å². The number of hydrogen-bond acceptors (Lipinski definition) is 3. The molecule has 0 spiro atoms. The Labute approximate surface area is 88.0 Å². The lowest BCUT2D eigenvalue weighted by Crippen LogP contribution is -2.51. The van der Waals surface area contributed by atoms with Gasteiger partial charge in [0.1, 0.15) is 0 Å². The largest absolute Gasteiger partial charge is 0.378 e. The molecule has 1 saturated heterocycles. The van der Waals surface area contributed by atoms with Gasteiger partial charge in [-0.05, 0) is 27.1 Å². The van der Waals surface area contributed by atoms with Crippen LogP contribution in [0.15, 0.2) is 0 Å². The third-order valence-corrected chi connectivity index (χ3v) is 2.77. The van der Waals surface area contributed by atoms with Crippen LogP contribution >= 0.6 is 0 Å². The molecule has 0 aromatic rings. The Morgan fingerprint density at radius 3 is 2.29 bits per heavy atom. The highest BCUT2D eigenvalue weighted by Gasteiger charge is 2.24. The molecule has 0 unspecified atom stereocenters. The van der Waals surface area contributed by atoms with Gasteiger partial charge in [0.2, 0.25) is 0 Å². The number of likely N-dealkylation sites (N-methyl/N-ethyl adjacent to an activating group) is 1. The monoisotopic (exact) mass is 200 g/mol. The van der Waals surface area contributed by atoms with Crippen molar-refractivity contribution in [3.63, 3.8) is 0 Å². The maximum atomic E-state index is 5.25. The lowest BCUT2D eigenvalue weighted by molar-refractivity contribution is -0.0661. The molecule has 1 aliphatic rings. The Hall–Kier alpha value is -0.120. The Balaban J connectivity index is 2.20. The summed E-state index contributed by atoms with van der Waals surface area (Å²) in [5, 5.41) is 0. The molecule has 1 rings (SSSR count). The molecule has 0 atom stereocenters. The minimum atomic E-state index is 0.696. The molecule has 0 amide bonds. The van der Waals surface area contributed by atoms with Crippen LogP contribution in [-0.4, -0.2) is 62.8 Å². The van der Waals surface area contributed by atoms with Gasteiger partial charge in [0.15, 0.2) is 0 Å². The van der Waals surface area contributed by atoms with Crippen molar-refractivity contribution in [2.45, 2.75) is 25.8 Å². The fourth-order valence-corrected chi connectivity index (χ4v) is 1.60. The van der Waals surface area contributed by atoms with Crippen molar-refractivity contribution in [3.8, 4) is 0 Å². The highest BCUT2D eigenvalue weighted by Crippen LogP contribution is 2.11. The van der Waals surface area contributed by atoms with E-state index in [0.717, 1.165) is 19.8 Å². The van der Waals surface area contributed by atoms with Gasteiger partial charge >= 0.3 is 0 Å². The third-order valence-electron chi connectivity index (χ3n) is 2.77. The lowest BCUT2D eigenvalue weighted by Gasteiger charge is -2.37. The van der Waals surface area contributed by atoms with Crippen LogP contribution in [0.5, 0.6) is 0 Å². The molecule has 1 heterocycles.